The number of benzene rings is 1. The highest BCUT2D eigenvalue weighted by atomic mass is 16.5. The summed E-state index contributed by atoms with van der Waals surface area (Å²) in [6.07, 6.45) is 0. The standard InChI is InChI=1S/C9H12O2.H3N/c1-3-11-9-7-5-4-6-8(9)10-2;/h4-7H,3H2,1-2H3;1H3. The van der Waals surface area contributed by atoms with Gasteiger partial charge < -0.3 is 15.6 Å². The molecule has 1 aromatic carbocycles. The Morgan fingerprint density at radius 2 is 1.75 bits per heavy atom. The molecule has 0 bridgehead atoms. The van der Waals surface area contributed by atoms with Crippen LogP contribution in [-0.4, -0.2) is 13.7 Å². The third-order valence-electron chi connectivity index (χ3n) is 1.37. The van der Waals surface area contributed by atoms with Gasteiger partial charge in [0.15, 0.2) is 11.5 Å². The number of ether oxygens (including phenoxy) is 2. The first-order valence-electron chi connectivity index (χ1n) is 3.64. The van der Waals surface area contributed by atoms with Crippen LogP contribution in [0.15, 0.2) is 24.3 Å². The van der Waals surface area contributed by atoms with E-state index in [-0.39, 0.29) is 6.15 Å². The summed E-state index contributed by atoms with van der Waals surface area (Å²) in [5.41, 5.74) is 0. The summed E-state index contributed by atoms with van der Waals surface area (Å²) in [6.45, 7) is 2.62. The van der Waals surface area contributed by atoms with E-state index in [9.17, 15) is 0 Å². The van der Waals surface area contributed by atoms with Gasteiger partial charge in [-0.05, 0) is 19.1 Å². The van der Waals surface area contributed by atoms with E-state index in [1.807, 2.05) is 31.2 Å². The molecular formula is C9H15NO2. The van der Waals surface area contributed by atoms with Gasteiger partial charge in [0.05, 0.1) is 13.7 Å². The van der Waals surface area contributed by atoms with E-state index in [0.717, 1.165) is 11.5 Å². The van der Waals surface area contributed by atoms with E-state index in [1.165, 1.54) is 0 Å². The Morgan fingerprint density at radius 3 is 2.25 bits per heavy atom. The molecule has 3 nitrogen and oxygen atoms in total. The highest BCUT2D eigenvalue weighted by Gasteiger charge is 1.99. The normalized spacial score (nSPS) is 8.50. The first kappa shape index (κ1) is 10.8. The summed E-state index contributed by atoms with van der Waals surface area (Å²) in [7, 11) is 1.64. The van der Waals surface area contributed by atoms with Gasteiger partial charge in [0.1, 0.15) is 0 Å². The van der Waals surface area contributed by atoms with Crippen LogP contribution in [0.5, 0.6) is 11.5 Å². The molecule has 0 fully saturated rings. The fourth-order valence-electron chi connectivity index (χ4n) is 0.894. The molecule has 0 aromatic heterocycles. The molecule has 0 atom stereocenters. The van der Waals surface area contributed by atoms with Crippen LogP contribution in [0.3, 0.4) is 0 Å². The largest absolute Gasteiger partial charge is 0.493 e. The smallest absolute Gasteiger partial charge is 0.161 e. The Balaban J connectivity index is 0.00000121. The molecule has 1 rings (SSSR count). The Hall–Kier alpha value is -1.22. The van der Waals surface area contributed by atoms with Gasteiger partial charge in [0.2, 0.25) is 0 Å². The summed E-state index contributed by atoms with van der Waals surface area (Å²) in [5, 5.41) is 0. The van der Waals surface area contributed by atoms with Crippen LogP contribution in [0, 0.1) is 0 Å². The van der Waals surface area contributed by atoms with Crippen molar-refractivity contribution in [3.05, 3.63) is 24.3 Å². The first-order chi connectivity index (χ1) is 5.38. The van der Waals surface area contributed by atoms with Crippen molar-refractivity contribution in [3.63, 3.8) is 0 Å². The lowest BCUT2D eigenvalue weighted by molar-refractivity contribution is 0.311. The molecule has 0 amide bonds. The van der Waals surface area contributed by atoms with E-state index in [1.54, 1.807) is 7.11 Å². The van der Waals surface area contributed by atoms with Gasteiger partial charge in [-0.25, -0.2) is 0 Å². The average molecular weight is 169 g/mol. The van der Waals surface area contributed by atoms with Gasteiger partial charge in [-0.2, -0.15) is 0 Å². The van der Waals surface area contributed by atoms with Crippen molar-refractivity contribution in [2.45, 2.75) is 6.92 Å². The minimum atomic E-state index is 0. The molecule has 0 radical (unpaired) electrons. The van der Waals surface area contributed by atoms with Crippen molar-refractivity contribution in [2.75, 3.05) is 13.7 Å². The summed E-state index contributed by atoms with van der Waals surface area (Å²) in [5.74, 6) is 1.59. The van der Waals surface area contributed by atoms with E-state index < -0.39 is 0 Å². The number of hydrogen-bond acceptors (Lipinski definition) is 3. The molecular weight excluding hydrogens is 154 g/mol. The van der Waals surface area contributed by atoms with Crippen molar-refractivity contribution in [1.29, 1.82) is 0 Å². The Morgan fingerprint density at radius 1 is 1.17 bits per heavy atom. The van der Waals surface area contributed by atoms with Crippen LogP contribution in [-0.2, 0) is 0 Å². The van der Waals surface area contributed by atoms with Crippen molar-refractivity contribution >= 4 is 0 Å². The summed E-state index contributed by atoms with van der Waals surface area (Å²) >= 11 is 0. The van der Waals surface area contributed by atoms with Crippen LogP contribution in [0.4, 0.5) is 0 Å². The molecule has 0 heterocycles. The lowest BCUT2D eigenvalue weighted by atomic mass is 10.3. The minimum Gasteiger partial charge on any atom is -0.493 e. The second-order valence-electron chi connectivity index (χ2n) is 2.08. The molecule has 3 heteroatoms. The monoisotopic (exact) mass is 169 g/mol. The van der Waals surface area contributed by atoms with Crippen LogP contribution < -0.4 is 15.6 Å². The van der Waals surface area contributed by atoms with Crippen LogP contribution in [0.2, 0.25) is 0 Å². The summed E-state index contributed by atoms with van der Waals surface area (Å²) in [6, 6.07) is 7.61. The molecule has 0 aliphatic rings. The van der Waals surface area contributed by atoms with Crippen LogP contribution >= 0.6 is 0 Å². The molecule has 0 unspecified atom stereocenters. The molecule has 0 aliphatic carbocycles. The summed E-state index contributed by atoms with van der Waals surface area (Å²) in [4.78, 5) is 0. The maximum atomic E-state index is 5.30. The van der Waals surface area contributed by atoms with E-state index in [2.05, 4.69) is 0 Å². The first-order valence-corrected chi connectivity index (χ1v) is 3.64. The molecule has 12 heavy (non-hydrogen) atoms. The van der Waals surface area contributed by atoms with Gasteiger partial charge in [0, 0.05) is 0 Å². The highest BCUT2D eigenvalue weighted by molar-refractivity contribution is 5.39. The lowest BCUT2D eigenvalue weighted by Gasteiger charge is -2.07. The number of methoxy groups -OCH3 is 1. The van der Waals surface area contributed by atoms with Gasteiger partial charge in [0.25, 0.3) is 0 Å². The number of para-hydroxylation sites is 2. The van der Waals surface area contributed by atoms with Crippen molar-refractivity contribution in [1.82, 2.24) is 6.15 Å². The highest BCUT2D eigenvalue weighted by Crippen LogP contribution is 2.25. The van der Waals surface area contributed by atoms with Crippen molar-refractivity contribution in [2.24, 2.45) is 0 Å². The van der Waals surface area contributed by atoms with Gasteiger partial charge >= 0.3 is 0 Å². The third-order valence-corrected chi connectivity index (χ3v) is 1.37. The maximum absolute atomic E-state index is 5.30. The zero-order chi connectivity index (χ0) is 8.10. The van der Waals surface area contributed by atoms with Gasteiger partial charge in [-0.15, -0.1) is 0 Å². The average Bonchev–Trinajstić information content (AvgIpc) is 2.06. The van der Waals surface area contributed by atoms with Crippen LogP contribution in [0.25, 0.3) is 0 Å². The quantitative estimate of drug-likeness (QED) is 0.755. The van der Waals surface area contributed by atoms with Crippen LogP contribution in [0.1, 0.15) is 6.92 Å². The zero-order valence-corrected chi connectivity index (χ0v) is 7.54. The second kappa shape index (κ2) is 5.43. The molecule has 3 N–H and O–H groups in total. The Labute approximate surface area is 72.9 Å². The number of rotatable bonds is 3. The third kappa shape index (κ3) is 2.43. The Bertz CT molecular complexity index is 226. The van der Waals surface area contributed by atoms with E-state index in [4.69, 9.17) is 9.47 Å². The SMILES string of the molecule is CCOc1ccccc1OC.N. The topological polar surface area (TPSA) is 53.5 Å². The molecule has 0 saturated heterocycles. The molecule has 0 saturated carbocycles. The second-order valence-corrected chi connectivity index (χ2v) is 2.08. The number of hydrogen-bond donors (Lipinski definition) is 1. The lowest BCUT2D eigenvalue weighted by Crippen LogP contribution is -1.94. The fraction of sp³-hybridized carbons (Fsp3) is 0.333. The zero-order valence-electron chi connectivity index (χ0n) is 7.54. The molecule has 0 spiro atoms. The van der Waals surface area contributed by atoms with Gasteiger partial charge in [-0.3, -0.25) is 0 Å². The Kier molecular flexibility index (Phi) is 4.88. The van der Waals surface area contributed by atoms with Crippen molar-refractivity contribution < 1.29 is 9.47 Å². The molecule has 1 aromatic rings. The fourth-order valence-corrected chi connectivity index (χ4v) is 0.894. The minimum absolute atomic E-state index is 0. The molecule has 0 aliphatic heterocycles. The predicted molar refractivity (Wildman–Crippen MR) is 49.2 cm³/mol. The van der Waals surface area contributed by atoms with E-state index in [0.29, 0.717) is 6.61 Å². The van der Waals surface area contributed by atoms with E-state index >= 15 is 0 Å². The maximum Gasteiger partial charge on any atom is 0.161 e. The molecule has 68 valence electrons. The predicted octanol–water partition coefficient (Wildman–Crippen LogP) is 2.26. The summed E-state index contributed by atoms with van der Waals surface area (Å²) < 4.78 is 10.4. The van der Waals surface area contributed by atoms with Crippen molar-refractivity contribution in [3.8, 4) is 11.5 Å². The van der Waals surface area contributed by atoms with Gasteiger partial charge in [-0.1, -0.05) is 12.1 Å².